The predicted octanol–water partition coefficient (Wildman–Crippen LogP) is 10.6. The lowest BCUT2D eigenvalue weighted by Gasteiger charge is -2.31. The van der Waals surface area contributed by atoms with Gasteiger partial charge < -0.3 is 5.11 Å². The van der Waals surface area contributed by atoms with Crippen LogP contribution < -0.4 is 0 Å². The molecule has 0 amide bonds. The smallest absolute Gasteiger partial charge is 0.304 e. The van der Waals surface area contributed by atoms with Gasteiger partial charge in [0, 0.05) is 6.04 Å². The SMILES string of the molecule is CCCCCCCCCCCCCN(CCCCCCCCCCCCC)C(CCC)CC(=O)O. The molecule has 0 aliphatic carbocycles. The van der Waals surface area contributed by atoms with E-state index < -0.39 is 5.97 Å². The zero-order valence-electron chi connectivity index (χ0n) is 24.5. The topological polar surface area (TPSA) is 40.5 Å². The Bertz CT molecular complexity index is 400. The summed E-state index contributed by atoms with van der Waals surface area (Å²) in [5.41, 5.74) is 0. The van der Waals surface area contributed by atoms with Gasteiger partial charge in [-0.2, -0.15) is 0 Å². The van der Waals surface area contributed by atoms with E-state index in [-0.39, 0.29) is 6.04 Å². The molecule has 0 radical (unpaired) electrons. The van der Waals surface area contributed by atoms with Gasteiger partial charge in [0.15, 0.2) is 0 Å². The normalized spacial score (nSPS) is 12.5. The van der Waals surface area contributed by atoms with Crippen LogP contribution in [0.1, 0.15) is 181 Å². The number of nitrogens with zero attached hydrogens (tertiary/aromatic N) is 1. The van der Waals surface area contributed by atoms with Crippen molar-refractivity contribution in [3.05, 3.63) is 0 Å². The first kappa shape index (κ1) is 34.4. The molecule has 0 heterocycles. The molecule has 3 heteroatoms. The molecule has 3 nitrogen and oxygen atoms in total. The average Bonchev–Trinajstić information content (AvgIpc) is 2.84. The molecule has 0 rings (SSSR count). The second-order valence-electron chi connectivity index (χ2n) is 11.1. The van der Waals surface area contributed by atoms with Crippen LogP contribution in [-0.2, 0) is 4.79 Å². The van der Waals surface area contributed by atoms with Gasteiger partial charge in [-0.05, 0) is 32.4 Å². The van der Waals surface area contributed by atoms with E-state index in [9.17, 15) is 9.90 Å². The number of aliphatic carboxylic acids is 1. The van der Waals surface area contributed by atoms with Gasteiger partial charge in [-0.25, -0.2) is 0 Å². The minimum atomic E-state index is -0.633. The van der Waals surface area contributed by atoms with Gasteiger partial charge in [-0.15, -0.1) is 0 Å². The lowest BCUT2D eigenvalue weighted by Crippen LogP contribution is -2.38. The number of carbonyl (C=O) groups is 1. The van der Waals surface area contributed by atoms with Crippen LogP contribution in [0.5, 0.6) is 0 Å². The first-order valence-electron chi connectivity index (χ1n) is 16.1. The van der Waals surface area contributed by atoms with E-state index in [2.05, 4.69) is 25.7 Å². The lowest BCUT2D eigenvalue weighted by atomic mass is 10.0. The van der Waals surface area contributed by atoms with Crippen molar-refractivity contribution in [3.8, 4) is 0 Å². The number of hydrogen-bond acceptors (Lipinski definition) is 2. The van der Waals surface area contributed by atoms with E-state index in [1.165, 1.54) is 141 Å². The first-order chi connectivity index (χ1) is 17.2. The minimum Gasteiger partial charge on any atom is -0.481 e. The Balaban J connectivity index is 4.06. The van der Waals surface area contributed by atoms with E-state index >= 15 is 0 Å². The molecule has 0 saturated heterocycles. The van der Waals surface area contributed by atoms with Crippen LogP contribution >= 0.6 is 0 Å². The van der Waals surface area contributed by atoms with E-state index in [1.807, 2.05) is 0 Å². The molecular weight excluding hydrogens is 430 g/mol. The highest BCUT2D eigenvalue weighted by atomic mass is 16.4. The number of carboxylic acids is 1. The quantitative estimate of drug-likeness (QED) is 0.105. The summed E-state index contributed by atoms with van der Waals surface area (Å²) in [5, 5.41) is 9.45. The molecular formula is C32H65NO2. The molecule has 1 unspecified atom stereocenters. The Kier molecular flexibility index (Phi) is 27.6. The maximum absolute atomic E-state index is 11.5. The van der Waals surface area contributed by atoms with Gasteiger partial charge in [0.05, 0.1) is 6.42 Å². The van der Waals surface area contributed by atoms with Gasteiger partial charge >= 0.3 is 5.97 Å². The van der Waals surface area contributed by atoms with Gasteiger partial charge in [-0.3, -0.25) is 9.69 Å². The van der Waals surface area contributed by atoms with Crippen molar-refractivity contribution < 1.29 is 9.90 Å². The summed E-state index contributed by atoms with van der Waals surface area (Å²) in [6, 6.07) is 0.226. The third kappa shape index (κ3) is 24.9. The van der Waals surface area contributed by atoms with Crippen LogP contribution in [-0.4, -0.2) is 35.1 Å². The van der Waals surface area contributed by atoms with Crippen molar-refractivity contribution in [1.82, 2.24) is 4.90 Å². The van der Waals surface area contributed by atoms with Crippen LogP contribution in [0.2, 0.25) is 0 Å². The summed E-state index contributed by atoms with van der Waals surface area (Å²) in [4.78, 5) is 14.0. The third-order valence-corrected chi connectivity index (χ3v) is 7.65. The summed E-state index contributed by atoms with van der Waals surface area (Å²) in [5.74, 6) is -0.633. The number of carboxylic acid groups (broad SMARTS) is 1. The van der Waals surface area contributed by atoms with Crippen LogP contribution in [0.3, 0.4) is 0 Å². The molecule has 35 heavy (non-hydrogen) atoms. The van der Waals surface area contributed by atoms with Gasteiger partial charge in [-0.1, -0.05) is 156 Å². The van der Waals surface area contributed by atoms with E-state index in [0.717, 1.165) is 25.9 Å². The Hall–Kier alpha value is -0.570. The number of unbranched alkanes of at least 4 members (excludes halogenated alkanes) is 20. The molecule has 0 aromatic rings. The van der Waals surface area contributed by atoms with Crippen molar-refractivity contribution >= 4 is 5.97 Å². The summed E-state index contributed by atoms with van der Waals surface area (Å²) >= 11 is 0. The molecule has 0 aromatic heterocycles. The second kappa shape index (κ2) is 28.0. The highest BCUT2D eigenvalue weighted by Gasteiger charge is 2.20. The van der Waals surface area contributed by atoms with Gasteiger partial charge in [0.1, 0.15) is 0 Å². The molecule has 1 N–H and O–H groups in total. The van der Waals surface area contributed by atoms with Crippen LogP contribution in [0.15, 0.2) is 0 Å². The molecule has 0 aromatic carbocycles. The first-order valence-corrected chi connectivity index (χ1v) is 16.1. The fourth-order valence-electron chi connectivity index (χ4n) is 5.38. The summed E-state index contributed by atoms with van der Waals surface area (Å²) in [6.45, 7) is 8.94. The molecule has 0 aliphatic rings. The van der Waals surface area contributed by atoms with Gasteiger partial charge in [0.25, 0.3) is 0 Å². The minimum absolute atomic E-state index is 0.226. The fourth-order valence-corrected chi connectivity index (χ4v) is 5.38. The Labute approximate surface area is 221 Å². The van der Waals surface area contributed by atoms with E-state index in [4.69, 9.17) is 0 Å². The van der Waals surface area contributed by atoms with Crippen LogP contribution in [0.25, 0.3) is 0 Å². The molecule has 210 valence electrons. The molecule has 0 bridgehead atoms. The number of rotatable bonds is 29. The van der Waals surface area contributed by atoms with E-state index in [0.29, 0.717) is 6.42 Å². The predicted molar refractivity (Wildman–Crippen MR) is 155 cm³/mol. The largest absolute Gasteiger partial charge is 0.481 e. The van der Waals surface area contributed by atoms with Crippen LogP contribution in [0.4, 0.5) is 0 Å². The highest BCUT2D eigenvalue weighted by Crippen LogP contribution is 2.17. The van der Waals surface area contributed by atoms with Crippen LogP contribution in [0, 0.1) is 0 Å². The number of hydrogen-bond donors (Lipinski definition) is 1. The van der Waals surface area contributed by atoms with Crippen molar-refractivity contribution in [1.29, 1.82) is 0 Å². The summed E-state index contributed by atoms with van der Waals surface area (Å²) in [6.07, 6.45) is 32.5. The summed E-state index contributed by atoms with van der Waals surface area (Å²) < 4.78 is 0. The zero-order valence-corrected chi connectivity index (χ0v) is 24.5. The monoisotopic (exact) mass is 496 g/mol. The van der Waals surface area contributed by atoms with Crippen molar-refractivity contribution in [2.45, 2.75) is 187 Å². The summed E-state index contributed by atoms with van der Waals surface area (Å²) in [7, 11) is 0. The lowest BCUT2D eigenvalue weighted by molar-refractivity contribution is -0.138. The molecule has 0 spiro atoms. The Morgan fingerprint density at radius 1 is 0.514 bits per heavy atom. The fraction of sp³-hybridized carbons (Fsp3) is 0.969. The Morgan fingerprint density at radius 2 is 0.829 bits per heavy atom. The molecule has 0 fully saturated rings. The second-order valence-corrected chi connectivity index (χ2v) is 11.1. The zero-order chi connectivity index (χ0) is 25.8. The molecule has 0 saturated carbocycles. The van der Waals surface area contributed by atoms with Gasteiger partial charge in [0.2, 0.25) is 0 Å². The van der Waals surface area contributed by atoms with Crippen molar-refractivity contribution in [2.24, 2.45) is 0 Å². The van der Waals surface area contributed by atoms with E-state index in [1.54, 1.807) is 0 Å². The van der Waals surface area contributed by atoms with Crippen molar-refractivity contribution in [3.63, 3.8) is 0 Å². The standard InChI is InChI=1S/C32H65NO2/c1-4-7-9-11-13-15-17-19-21-23-25-28-33(31(27-6-3)30-32(34)35)29-26-24-22-20-18-16-14-12-10-8-5-2/h31H,4-30H2,1-3H3,(H,34,35). The maximum Gasteiger partial charge on any atom is 0.304 e. The average molecular weight is 496 g/mol. The highest BCUT2D eigenvalue weighted by molar-refractivity contribution is 5.67. The molecule has 1 atom stereocenters. The maximum atomic E-state index is 11.5. The molecule has 0 aliphatic heterocycles. The third-order valence-electron chi connectivity index (χ3n) is 7.65. The Morgan fingerprint density at radius 3 is 1.11 bits per heavy atom. The van der Waals surface area contributed by atoms with Crippen molar-refractivity contribution in [2.75, 3.05) is 13.1 Å².